The van der Waals surface area contributed by atoms with Gasteiger partial charge in [0.05, 0.1) is 16.6 Å². The lowest BCUT2D eigenvalue weighted by atomic mass is 10.2. The van der Waals surface area contributed by atoms with Crippen molar-refractivity contribution in [1.29, 1.82) is 0 Å². The molecule has 0 aliphatic heterocycles. The highest BCUT2D eigenvalue weighted by molar-refractivity contribution is 7.09. The molecule has 1 fully saturated rings. The van der Waals surface area contributed by atoms with Crippen LogP contribution in [0.4, 0.5) is 0 Å². The highest BCUT2D eigenvalue weighted by atomic mass is 35.5. The molecule has 0 unspecified atom stereocenters. The highest BCUT2D eigenvalue weighted by Gasteiger charge is 2.33. The van der Waals surface area contributed by atoms with Crippen molar-refractivity contribution in [3.63, 3.8) is 0 Å². The van der Waals surface area contributed by atoms with Gasteiger partial charge in [-0.3, -0.25) is 4.79 Å². The van der Waals surface area contributed by atoms with Crippen molar-refractivity contribution >= 4 is 40.4 Å². The first kappa shape index (κ1) is 13.9. The van der Waals surface area contributed by atoms with Crippen molar-refractivity contribution in [2.75, 3.05) is 0 Å². The van der Waals surface area contributed by atoms with E-state index in [1.54, 1.807) is 35.7 Å². The molecule has 1 saturated carbocycles. The Morgan fingerprint density at radius 3 is 2.75 bits per heavy atom. The summed E-state index contributed by atoms with van der Waals surface area (Å²) in [7, 11) is 0. The fourth-order valence-electron chi connectivity index (χ4n) is 2.02. The van der Waals surface area contributed by atoms with E-state index in [0.717, 1.165) is 17.8 Å². The minimum Gasteiger partial charge on any atom is -0.329 e. The lowest BCUT2D eigenvalue weighted by molar-refractivity contribution is 0.0730. The van der Waals surface area contributed by atoms with Crippen LogP contribution in [0.25, 0.3) is 0 Å². The van der Waals surface area contributed by atoms with Crippen LogP contribution in [0.3, 0.4) is 0 Å². The third kappa shape index (κ3) is 2.97. The minimum atomic E-state index is -0.0127. The Labute approximate surface area is 131 Å². The van der Waals surface area contributed by atoms with E-state index in [1.165, 1.54) is 0 Å². The topological polar surface area (TPSA) is 33.2 Å². The van der Waals surface area contributed by atoms with Gasteiger partial charge >= 0.3 is 0 Å². The van der Waals surface area contributed by atoms with Crippen molar-refractivity contribution in [1.82, 2.24) is 9.88 Å². The monoisotopic (exact) mass is 326 g/mol. The Bertz CT molecular complexity index is 626. The molecule has 0 radical (unpaired) electrons. The highest BCUT2D eigenvalue weighted by Crippen LogP contribution is 2.31. The molecular formula is C14H12Cl2N2OS. The first-order valence-electron chi connectivity index (χ1n) is 6.29. The van der Waals surface area contributed by atoms with E-state index in [2.05, 4.69) is 4.98 Å². The number of nitrogens with zero attached hydrogens (tertiary/aromatic N) is 2. The van der Waals surface area contributed by atoms with Gasteiger partial charge in [-0.2, -0.15) is 0 Å². The van der Waals surface area contributed by atoms with Gasteiger partial charge in [0, 0.05) is 23.2 Å². The van der Waals surface area contributed by atoms with Crippen LogP contribution in [0.2, 0.25) is 10.0 Å². The van der Waals surface area contributed by atoms with Gasteiger partial charge in [-0.05, 0) is 31.0 Å². The van der Waals surface area contributed by atoms with Gasteiger partial charge in [0.2, 0.25) is 0 Å². The zero-order valence-corrected chi connectivity index (χ0v) is 12.9. The van der Waals surface area contributed by atoms with Crippen LogP contribution in [0.15, 0.2) is 29.8 Å². The molecule has 0 bridgehead atoms. The van der Waals surface area contributed by atoms with E-state index < -0.39 is 0 Å². The fourth-order valence-corrected chi connectivity index (χ4v) is 2.94. The molecule has 3 nitrogen and oxygen atoms in total. The van der Waals surface area contributed by atoms with Crippen LogP contribution in [-0.4, -0.2) is 21.8 Å². The Morgan fingerprint density at radius 1 is 1.35 bits per heavy atom. The van der Waals surface area contributed by atoms with E-state index >= 15 is 0 Å². The largest absolute Gasteiger partial charge is 0.329 e. The van der Waals surface area contributed by atoms with E-state index in [4.69, 9.17) is 23.2 Å². The molecule has 1 aliphatic carbocycles. The third-order valence-corrected chi connectivity index (χ3v) is 4.71. The number of amides is 1. The van der Waals surface area contributed by atoms with Crippen molar-refractivity contribution in [2.24, 2.45) is 0 Å². The number of rotatable bonds is 4. The zero-order chi connectivity index (χ0) is 14.1. The van der Waals surface area contributed by atoms with Gasteiger partial charge in [0.25, 0.3) is 5.91 Å². The molecule has 20 heavy (non-hydrogen) atoms. The Morgan fingerprint density at radius 2 is 2.15 bits per heavy atom. The predicted octanol–water partition coefficient (Wildman–Crippen LogP) is 4.25. The van der Waals surface area contributed by atoms with E-state index in [9.17, 15) is 4.79 Å². The van der Waals surface area contributed by atoms with Crippen LogP contribution in [0.5, 0.6) is 0 Å². The van der Waals surface area contributed by atoms with Crippen molar-refractivity contribution < 1.29 is 4.79 Å². The fraction of sp³-hybridized carbons (Fsp3) is 0.286. The summed E-state index contributed by atoms with van der Waals surface area (Å²) < 4.78 is 0. The van der Waals surface area contributed by atoms with Gasteiger partial charge in [-0.1, -0.05) is 23.2 Å². The summed E-state index contributed by atoms with van der Waals surface area (Å²) in [5.41, 5.74) is 0.572. The average molecular weight is 327 g/mol. The van der Waals surface area contributed by atoms with E-state index in [0.29, 0.717) is 28.2 Å². The summed E-state index contributed by atoms with van der Waals surface area (Å²) in [4.78, 5) is 18.7. The quantitative estimate of drug-likeness (QED) is 0.841. The smallest absolute Gasteiger partial charge is 0.254 e. The number of hydrogen-bond acceptors (Lipinski definition) is 3. The molecule has 1 aromatic carbocycles. The molecule has 1 amide bonds. The number of thiazole rings is 1. The van der Waals surface area contributed by atoms with Crippen LogP contribution in [0, 0.1) is 0 Å². The molecule has 1 heterocycles. The molecule has 1 aliphatic rings. The molecule has 6 heteroatoms. The summed E-state index contributed by atoms with van der Waals surface area (Å²) in [6.07, 6.45) is 3.87. The second-order valence-electron chi connectivity index (χ2n) is 4.72. The van der Waals surface area contributed by atoms with Gasteiger partial charge in [-0.15, -0.1) is 11.3 Å². The zero-order valence-electron chi connectivity index (χ0n) is 10.6. The lowest BCUT2D eigenvalue weighted by Gasteiger charge is -2.21. The maximum atomic E-state index is 12.6. The van der Waals surface area contributed by atoms with E-state index in [1.807, 2.05) is 10.3 Å². The van der Waals surface area contributed by atoms with Crippen LogP contribution >= 0.6 is 34.5 Å². The van der Waals surface area contributed by atoms with Crippen molar-refractivity contribution in [3.05, 3.63) is 50.4 Å². The number of benzene rings is 1. The van der Waals surface area contributed by atoms with Crippen molar-refractivity contribution in [3.8, 4) is 0 Å². The molecule has 104 valence electrons. The van der Waals surface area contributed by atoms with Crippen LogP contribution < -0.4 is 0 Å². The third-order valence-electron chi connectivity index (χ3n) is 3.20. The maximum absolute atomic E-state index is 12.6. The number of carbonyl (C=O) groups excluding carboxylic acids is 1. The summed E-state index contributed by atoms with van der Waals surface area (Å²) in [5.74, 6) is -0.0127. The normalized spacial score (nSPS) is 14.3. The number of carbonyl (C=O) groups is 1. The SMILES string of the molecule is O=C(c1ccc(Cl)c(Cl)c1)N(Cc1nccs1)C1CC1. The maximum Gasteiger partial charge on any atom is 0.254 e. The van der Waals surface area contributed by atoms with Gasteiger partial charge in [-0.25, -0.2) is 4.98 Å². The first-order valence-corrected chi connectivity index (χ1v) is 7.93. The van der Waals surface area contributed by atoms with Gasteiger partial charge < -0.3 is 4.90 Å². The summed E-state index contributed by atoms with van der Waals surface area (Å²) in [6.45, 7) is 0.557. The standard InChI is InChI=1S/C14H12Cl2N2OS/c15-11-4-1-9(7-12(11)16)14(19)18(10-2-3-10)8-13-17-5-6-20-13/h1,4-7,10H,2-3,8H2. The number of hydrogen-bond donors (Lipinski definition) is 0. The van der Waals surface area contributed by atoms with Crippen LogP contribution in [0.1, 0.15) is 28.2 Å². The first-order chi connectivity index (χ1) is 9.65. The van der Waals surface area contributed by atoms with Gasteiger partial charge in [0.1, 0.15) is 5.01 Å². The van der Waals surface area contributed by atoms with Gasteiger partial charge in [0.15, 0.2) is 0 Å². The number of aromatic nitrogens is 1. The van der Waals surface area contributed by atoms with Crippen molar-refractivity contribution in [2.45, 2.75) is 25.4 Å². The Kier molecular flexibility index (Phi) is 3.96. The summed E-state index contributed by atoms with van der Waals surface area (Å²) in [6, 6.07) is 5.32. The molecule has 1 aromatic heterocycles. The molecule has 3 rings (SSSR count). The average Bonchev–Trinajstić information content (AvgIpc) is 3.15. The van der Waals surface area contributed by atoms with Crippen LogP contribution in [-0.2, 0) is 6.54 Å². The molecule has 0 saturated heterocycles. The molecule has 2 aromatic rings. The van der Waals surface area contributed by atoms with E-state index in [-0.39, 0.29) is 5.91 Å². The molecule has 0 atom stereocenters. The Balaban J connectivity index is 1.83. The minimum absolute atomic E-state index is 0.0127. The number of halogens is 2. The second-order valence-corrected chi connectivity index (χ2v) is 6.51. The molecular weight excluding hydrogens is 315 g/mol. The Hall–Kier alpha value is -1.10. The second kappa shape index (κ2) is 5.72. The predicted molar refractivity (Wildman–Crippen MR) is 81.5 cm³/mol. The summed E-state index contributed by atoms with van der Waals surface area (Å²) in [5, 5.41) is 3.73. The lowest BCUT2D eigenvalue weighted by Crippen LogP contribution is -2.32. The molecule has 0 N–H and O–H groups in total. The summed E-state index contributed by atoms with van der Waals surface area (Å²) >= 11 is 13.4. The molecule has 0 spiro atoms.